The van der Waals surface area contributed by atoms with Crippen molar-refractivity contribution in [3.05, 3.63) is 83.4 Å². The van der Waals surface area contributed by atoms with Crippen molar-refractivity contribution in [3.8, 4) is 22.3 Å². The van der Waals surface area contributed by atoms with Gasteiger partial charge in [-0.05, 0) is 44.4 Å². The van der Waals surface area contributed by atoms with Gasteiger partial charge in [-0.2, -0.15) is 0 Å². The summed E-state index contributed by atoms with van der Waals surface area (Å²) < 4.78 is 0. The first kappa shape index (κ1) is 16.1. The van der Waals surface area contributed by atoms with Crippen LogP contribution in [0.2, 0.25) is 0 Å². The van der Waals surface area contributed by atoms with Gasteiger partial charge in [0.2, 0.25) is 0 Å². The fraction of sp³-hybridized carbons (Fsp3) is 0.280. The lowest BCUT2D eigenvalue weighted by Crippen LogP contribution is -2.16. The van der Waals surface area contributed by atoms with Gasteiger partial charge in [-0.25, -0.2) is 0 Å². The highest BCUT2D eigenvalue weighted by Crippen LogP contribution is 2.52. The number of hydrogen-bond acceptors (Lipinski definition) is 0. The minimum Gasteiger partial charge on any atom is -0.0619 e. The van der Waals surface area contributed by atoms with Crippen LogP contribution in [-0.4, -0.2) is 0 Å². The van der Waals surface area contributed by atoms with E-state index in [1.807, 2.05) is 0 Å². The molecule has 25 heavy (non-hydrogen) atoms. The lowest BCUT2D eigenvalue weighted by Gasteiger charge is -2.25. The van der Waals surface area contributed by atoms with Crippen LogP contribution in [0, 0.1) is 0 Å². The fourth-order valence-electron chi connectivity index (χ4n) is 4.24. The second-order valence-electron chi connectivity index (χ2n) is 8.73. The van der Waals surface area contributed by atoms with Crippen molar-refractivity contribution in [2.24, 2.45) is 0 Å². The Bertz CT molecular complexity index is 952. The van der Waals surface area contributed by atoms with E-state index in [0.717, 1.165) is 0 Å². The van der Waals surface area contributed by atoms with Gasteiger partial charge in [0.1, 0.15) is 0 Å². The van der Waals surface area contributed by atoms with Crippen LogP contribution >= 0.6 is 0 Å². The van der Waals surface area contributed by atoms with Crippen LogP contribution in [0.25, 0.3) is 22.3 Å². The average molecular weight is 326 g/mol. The highest BCUT2D eigenvalue weighted by Gasteiger charge is 2.37. The van der Waals surface area contributed by atoms with Crippen molar-refractivity contribution in [2.45, 2.75) is 45.4 Å². The summed E-state index contributed by atoms with van der Waals surface area (Å²) in [7, 11) is 0. The minimum absolute atomic E-state index is 0.0280. The number of hydrogen-bond donors (Lipinski definition) is 0. The van der Waals surface area contributed by atoms with Gasteiger partial charge in [0.15, 0.2) is 0 Å². The molecular weight excluding hydrogens is 300 g/mol. The largest absolute Gasteiger partial charge is 0.0619 e. The molecule has 0 unspecified atom stereocenters. The Morgan fingerprint density at radius 3 is 2.08 bits per heavy atom. The summed E-state index contributed by atoms with van der Waals surface area (Å²) in [6.45, 7) is 11.5. The van der Waals surface area contributed by atoms with E-state index in [4.69, 9.17) is 0 Å². The summed E-state index contributed by atoms with van der Waals surface area (Å²) in [5.74, 6) is 0. The first-order valence-corrected chi connectivity index (χ1v) is 9.14. The van der Waals surface area contributed by atoms with Crippen LogP contribution in [0.1, 0.15) is 51.3 Å². The van der Waals surface area contributed by atoms with E-state index in [1.165, 1.54) is 38.9 Å². The normalized spacial score (nSPS) is 14.9. The van der Waals surface area contributed by atoms with Crippen LogP contribution in [0.15, 0.2) is 66.7 Å². The molecule has 0 fully saturated rings. The van der Waals surface area contributed by atoms with E-state index in [-0.39, 0.29) is 10.8 Å². The Balaban J connectivity index is 1.97. The zero-order valence-corrected chi connectivity index (χ0v) is 15.9. The van der Waals surface area contributed by atoms with Gasteiger partial charge >= 0.3 is 0 Å². The van der Waals surface area contributed by atoms with E-state index >= 15 is 0 Å². The molecule has 126 valence electrons. The monoisotopic (exact) mass is 326 g/mol. The van der Waals surface area contributed by atoms with Crippen molar-refractivity contribution in [1.29, 1.82) is 0 Å². The minimum atomic E-state index is 0.0280. The second kappa shape index (κ2) is 5.33. The van der Waals surface area contributed by atoms with Gasteiger partial charge in [-0.1, -0.05) is 101 Å². The van der Waals surface area contributed by atoms with E-state index in [1.54, 1.807) is 0 Å². The quantitative estimate of drug-likeness (QED) is 0.453. The van der Waals surface area contributed by atoms with Crippen LogP contribution in [-0.2, 0) is 10.8 Å². The lowest BCUT2D eigenvalue weighted by atomic mass is 9.78. The first-order valence-electron chi connectivity index (χ1n) is 9.14. The predicted octanol–water partition coefficient (Wildman–Crippen LogP) is 6.96. The van der Waals surface area contributed by atoms with E-state index in [0.29, 0.717) is 0 Å². The van der Waals surface area contributed by atoms with E-state index in [9.17, 15) is 0 Å². The van der Waals surface area contributed by atoms with Crippen LogP contribution in [0.3, 0.4) is 0 Å². The molecule has 0 bridgehead atoms. The number of rotatable bonds is 1. The topological polar surface area (TPSA) is 0 Å². The Morgan fingerprint density at radius 2 is 1.32 bits per heavy atom. The molecule has 0 N–H and O–H groups in total. The van der Waals surface area contributed by atoms with E-state index < -0.39 is 0 Å². The van der Waals surface area contributed by atoms with Crippen molar-refractivity contribution < 1.29 is 0 Å². The molecule has 0 saturated heterocycles. The van der Waals surface area contributed by atoms with Gasteiger partial charge < -0.3 is 0 Å². The van der Waals surface area contributed by atoms with Crippen molar-refractivity contribution in [2.75, 3.05) is 0 Å². The molecule has 0 aliphatic heterocycles. The summed E-state index contributed by atoms with van der Waals surface area (Å²) in [5, 5.41) is 0. The average Bonchev–Trinajstić information content (AvgIpc) is 2.83. The zero-order valence-electron chi connectivity index (χ0n) is 15.9. The van der Waals surface area contributed by atoms with E-state index in [2.05, 4.69) is 101 Å². The molecule has 1 aliphatic carbocycles. The standard InChI is InChI=1S/C25H26/c1-24(2,3)18-11-8-10-17(16-18)19-13-9-14-21-20-12-6-7-15-22(20)25(4,5)23(19)21/h6-16H,1-5H3. The molecule has 3 aromatic rings. The molecule has 0 saturated carbocycles. The van der Waals surface area contributed by atoms with Crippen LogP contribution in [0.4, 0.5) is 0 Å². The Hall–Kier alpha value is -2.34. The molecule has 3 aromatic carbocycles. The molecule has 4 rings (SSSR count). The summed E-state index contributed by atoms with van der Waals surface area (Å²) >= 11 is 0. The third kappa shape index (κ3) is 2.43. The Kier molecular flexibility index (Phi) is 3.44. The van der Waals surface area contributed by atoms with Crippen molar-refractivity contribution >= 4 is 0 Å². The van der Waals surface area contributed by atoms with Gasteiger partial charge in [0.05, 0.1) is 0 Å². The molecule has 0 spiro atoms. The molecule has 0 amide bonds. The third-order valence-corrected chi connectivity index (χ3v) is 5.62. The van der Waals surface area contributed by atoms with Gasteiger partial charge in [-0.3, -0.25) is 0 Å². The van der Waals surface area contributed by atoms with Crippen LogP contribution in [0.5, 0.6) is 0 Å². The maximum Gasteiger partial charge on any atom is 0.0165 e. The molecule has 0 radical (unpaired) electrons. The molecule has 0 aromatic heterocycles. The first-order chi connectivity index (χ1) is 11.8. The molecule has 1 aliphatic rings. The van der Waals surface area contributed by atoms with Gasteiger partial charge in [-0.15, -0.1) is 0 Å². The molecular formula is C25H26. The summed E-state index contributed by atoms with van der Waals surface area (Å²) in [4.78, 5) is 0. The molecule has 0 atom stereocenters. The zero-order chi connectivity index (χ0) is 17.8. The fourth-order valence-corrected chi connectivity index (χ4v) is 4.24. The molecule has 0 heterocycles. The van der Waals surface area contributed by atoms with Crippen LogP contribution < -0.4 is 0 Å². The highest BCUT2D eigenvalue weighted by atomic mass is 14.4. The number of benzene rings is 3. The summed E-state index contributed by atoms with van der Waals surface area (Å²) in [6, 6.07) is 24.7. The molecule has 0 nitrogen and oxygen atoms in total. The maximum atomic E-state index is 2.37. The second-order valence-corrected chi connectivity index (χ2v) is 8.73. The third-order valence-electron chi connectivity index (χ3n) is 5.62. The Morgan fingerprint density at radius 1 is 0.680 bits per heavy atom. The smallest absolute Gasteiger partial charge is 0.0165 e. The SMILES string of the molecule is CC(C)(C)c1cccc(-c2cccc3c2C(C)(C)c2ccccc2-3)c1. The maximum absolute atomic E-state index is 2.37. The predicted molar refractivity (Wildman–Crippen MR) is 108 cm³/mol. The summed E-state index contributed by atoms with van der Waals surface area (Å²) in [6.07, 6.45) is 0. The van der Waals surface area contributed by atoms with Crippen molar-refractivity contribution in [1.82, 2.24) is 0 Å². The molecule has 0 heteroatoms. The number of fused-ring (bicyclic) bond motifs is 3. The Labute approximate surface area is 151 Å². The van der Waals surface area contributed by atoms with Crippen molar-refractivity contribution in [3.63, 3.8) is 0 Å². The highest BCUT2D eigenvalue weighted by molar-refractivity contribution is 5.88. The lowest BCUT2D eigenvalue weighted by molar-refractivity contribution is 0.590. The van der Waals surface area contributed by atoms with Gasteiger partial charge in [0.25, 0.3) is 0 Å². The van der Waals surface area contributed by atoms with Gasteiger partial charge in [0, 0.05) is 5.41 Å². The summed E-state index contributed by atoms with van der Waals surface area (Å²) in [5.41, 5.74) is 9.93.